The van der Waals surface area contributed by atoms with E-state index in [2.05, 4.69) is 5.32 Å². The van der Waals surface area contributed by atoms with Gasteiger partial charge in [-0.15, -0.1) is 0 Å². The van der Waals surface area contributed by atoms with Gasteiger partial charge < -0.3 is 34.1 Å². The third kappa shape index (κ3) is 4.16. The first-order valence-electron chi connectivity index (χ1n) is 8.55. The van der Waals surface area contributed by atoms with E-state index in [1.54, 1.807) is 7.11 Å². The first-order chi connectivity index (χ1) is 12.5. The summed E-state index contributed by atoms with van der Waals surface area (Å²) in [7, 11) is 3.08. The van der Waals surface area contributed by atoms with E-state index in [0.29, 0.717) is 6.42 Å². The topological polar surface area (TPSA) is 95.5 Å². The standard InChI is InChI=1S/C18H25NO7/c1-10(20)19-15-16(21)17-13(25-18(15)23-3)9-24-14(26-17)8-11-4-6-12(22-2)7-5-11/h4-7,13-18,21H,8-9H2,1-3H3,(H,19,20). The van der Waals surface area contributed by atoms with E-state index in [-0.39, 0.29) is 12.5 Å². The Morgan fingerprint density at radius 2 is 2.00 bits per heavy atom. The molecule has 3 rings (SSSR count). The Balaban J connectivity index is 1.66. The van der Waals surface area contributed by atoms with E-state index >= 15 is 0 Å². The Hall–Kier alpha value is -1.71. The molecule has 2 aliphatic heterocycles. The highest BCUT2D eigenvalue weighted by Gasteiger charge is 2.49. The molecule has 144 valence electrons. The predicted octanol–water partition coefficient (Wildman–Crippen LogP) is 0.216. The molecule has 0 aromatic heterocycles. The van der Waals surface area contributed by atoms with Crippen molar-refractivity contribution in [2.45, 2.75) is 50.3 Å². The maximum absolute atomic E-state index is 11.4. The molecule has 2 fully saturated rings. The van der Waals surface area contributed by atoms with Crippen molar-refractivity contribution in [1.29, 1.82) is 0 Å². The van der Waals surface area contributed by atoms with Gasteiger partial charge in [0.05, 0.1) is 13.7 Å². The fourth-order valence-electron chi connectivity index (χ4n) is 3.29. The van der Waals surface area contributed by atoms with Crippen molar-refractivity contribution < 1.29 is 33.6 Å². The van der Waals surface area contributed by atoms with Gasteiger partial charge in [0, 0.05) is 20.5 Å². The van der Waals surface area contributed by atoms with Crippen molar-refractivity contribution in [3.8, 4) is 5.75 Å². The summed E-state index contributed by atoms with van der Waals surface area (Å²) >= 11 is 0. The molecule has 8 heteroatoms. The molecule has 8 nitrogen and oxygen atoms in total. The molecular weight excluding hydrogens is 342 g/mol. The highest BCUT2D eigenvalue weighted by atomic mass is 16.7. The summed E-state index contributed by atoms with van der Waals surface area (Å²) in [6, 6.07) is 6.91. The van der Waals surface area contributed by atoms with Crippen LogP contribution in [0.1, 0.15) is 12.5 Å². The van der Waals surface area contributed by atoms with Crippen molar-refractivity contribution in [2.24, 2.45) is 0 Å². The third-order valence-corrected chi connectivity index (χ3v) is 4.59. The number of methoxy groups -OCH3 is 2. The summed E-state index contributed by atoms with van der Waals surface area (Å²) in [5.41, 5.74) is 1.02. The highest BCUT2D eigenvalue weighted by molar-refractivity contribution is 5.73. The quantitative estimate of drug-likeness (QED) is 0.768. The summed E-state index contributed by atoms with van der Waals surface area (Å²) in [5, 5.41) is 13.4. The van der Waals surface area contributed by atoms with Gasteiger partial charge in [0.25, 0.3) is 0 Å². The number of aliphatic hydroxyl groups excluding tert-OH is 1. The largest absolute Gasteiger partial charge is 0.497 e. The molecule has 0 bridgehead atoms. The van der Waals surface area contributed by atoms with Crippen LogP contribution in [0.25, 0.3) is 0 Å². The summed E-state index contributed by atoms with van der Waals surface area (Å²) in [4.78, 5) is 11.4. The molecule has 2 heterocycles. The first-order valence-corrected chi connectivity index (χ1v) is 8.55. The lowest BCUT2D eigenvalue weighted by Gasteiger charge is -2.47. The van der Waals surface area contributed by atoms with E-state index in [1.165, 1.54) is 14.0 Å². The first kappa shape index (κ1) is 19.1. The molecule has 1 aromatic carbocycles. The normalized spacial score (nSPS) is 34.0. The SMILES string of the molecule is COc1ccc(CC2OCC3OC(OC)C(NC(C)=O)C(O)C3O2)cc1. The second kappa shape index (κ2) is 8.32. The van der Waals surface area contributed by atoms with Crippen LogP contribution >= 0.6 is 0 Å². The zero-order valence-corrected chi connectivity index (χ0v) is 15.1. The van der Waals surface area contributed by atoms with Gasteiger partial charge in [-0.3, -0.25) is 4.79 Å². The van der Waals surface area contributed by atoms with Gasteiger partial charge in [-0.2, -0.15) is 0 Å². The minimum Gasteiger partial charge on any atom is -0.497 e. The fourth-order valence-corrected chi connectivity index (χ4v) is 3.29. The number of amides is 1. The number of hydrogen-bond donors (Lipinski definition) is 2. The molecule has 1 amide bonds. The molecular formula is C18H25NO7. The summed E-state index contributed by atoms with van der Waals surface area (Å²) in [6.07, 6.45) is -2.80. The van der Waals surface area contributed by atoms with Crippen LogP contribution < -0.4 is 10.1 Å². The van der Waals surface area contributed by atoms with Crippen LogP contribution in [-0.2, 0) is 30.2 Å². The Morgan fingerprint density at radius 3 is 2.62 bits per heavy atom. The highest BCUT2D eigenvalue weighted by Crippen LogP contribution is 2.30. The number of benzene rings is 1. The van der Waals surface area contributed by atoms with Gasteiger partial charge in [-0.1, -0.05) is 12.1 Å². The molecule has 1 aromatic rings. The second-order valence-corrected chi connectivity index (χ2v) is 6.41. The molecule has 26 heavy (non-hydrogen) atoms. The zero-order valence-electron chi connectivity index (χ0n) is 15.1. The minimum atomic E-state index is -0.968. The number of carbonyl (C=O) groups excluding carboxylic acids is 1. The van der Waals surface area contributed by atoms with Crippen molar-refractivity contribution in [2.75, 3.05) is 20.8 Å². The smallest absolute Gasteiger partial charge is 0.217 e. The summed E-state index contributed by atoms with van der Waals surface area (Å²) in [5.74, 6) is 0.499. The molecule has 6 atom stereocenters. The molecule has 0 aliphatic carbocycles. The van der Waals surface area contributed by atoms with Crippen molar-refractivity contribution in [1.82, 2.24) is 5.32 Å². The Morgan fingerprint density at radius 1 is 1.27 bits per heavy atom. The van der Waals surface area contributed by atoms with Crippen molar-refractivity contribution >= 4 is 5.91 Å². The monoisotopic (exact) mass is 367 g/mol. The number of rotatable bonds is 5. The molecule has 0 spiro atoms. The zero-order chi connectivity index (χ0) is 18.7. The van der Waals surface area contributed by atoms with Crippen LogP contribution in [0.4, 0.5) is 0 Å². The number of aliphatic hydroxyl groups is 1. The van der Waals surface area contributed by atoms with E-state index in [9.17, 15) is 9.90 Å². The van der Waals surface area contributed by atoms with E-state index in [1.807, 2.05) is 24.3 Å². The lowest BCUT2D eigenvalue weighted by atomic mass is 9.95. The van der Waals surface area contributed by atoms with E-state index in [4.69, 9.17) is 23.7 Å². The average molecular weight is 367 g/mol. The van der Waals surface area contributed by atoms with E-state index in [0.717, 1.165) is 11.3 Å². The van der Waals surface area contributed by atoms with Gasteiger partial charge in [0.15, 0.2) is 12.6 Å². The average Bonchev–Trinajstić information content (AvgIpc) is 2.64. The van der Waals surface area contributed by atoms with Crippen LogP contribution in [-0.4, -0.2) is 68.8 Å². The summed E-state index contributed by atoms with van der Waals surface area (Å²) < 4.78 is 27.9. The van der Waals surface area contributed by atoms with Gasteiger partial charge in [-0.05, 0) is 17.7 Å². The van der Waals surface area contributed by atoms with Gasteiger partial charge >= 0.3 is 0 Å². The predicted molar refractivity (Wildman–Crippen MR) is 90.6 cm³/mol. The Labute approximate surface area is 152 Å². The van der Waals surface area contributed by atoms with Crippen LogP contribution in [0.15, 0.2) is 24.3 Å². The lowest BCUT2D eigenvalue weighted by molar-refractivity contribution is -0.337. The lowest BCUT2D eigenvalue weighted by Crippen LogP contribution is -2.67. The van der Waals surface area contributed by atoms with Crippen molar-refractivity contribution in [3.63, 3.8) is 0 Å². The van der Waals surface area contributed by atoms with Gasteiger partial charge in [0.2, 0.25) is 5.91 Å². The number of hydrogen-bond acceptors (Lipinski definition) is 7. The van der Waals surface area contributed by atoms with Gasteiger partial charge in [0.1, 0.15) is 30.1 Å². The number of carbonyl (C=O) groups is 1. The fraction of sp³-hybridized carbons (Fsp3) is 0.611. The van der Waals surface area contributed by atoms with Crippen LogP contribution in [0, 0.1) is 0 Å². The maximum Gasteiger partial charge on any atom is 0.217 e. The number of ether oxygens (including phenoxy) is 5. The number of fused-ring (bicyclic) bond motifs is 1. The van der Waals surface area contributed by atoms with Crippen LogP contribution in [0.2, 0.25) is 0 Å². The molecule has 2 N–H and O–H groups in total. The number of nitrogens with one attached hydrogen (secondary N) is 1. The third-order valence-electron chi connectivity index (χ3n) is 4.59. The Kier molecular flexibility index (Phi) is 6.10. The summed E-state index contributed by atoms with van der Waals surface area (Å²) in [6.45, 7) is 1.65. The van der Waals surface area contributed by atoms with Crippen LogP contribution in [0.5, 0.6) is 5.75 Å². The van der Waals surface area contributed by atoms with Crippen molar-refractivity contribution in [3.05, 3.63) is 29.8 Å². The van der Waals surface area contributed by atoms with Crippen LogP contribution in [0.3, 0.4) is 0 Å². The minimum absolute atomic E-state index is 0.273. The van der Waals surface area contributed by atoms with Gasteiger partial charge in [-0.25, -0.2) is 0 Å². The van der Waals surface area contributed by atoms with E-state index < -0.39 is 36.9 Å². The molecule has 2 aliphatic rings. The molecule has 0 radical (unpaired) electrons. The second-order valence-electron chi connectivity index (χ2n) is 6.41. The molecule has 6 unspecified atom stereocenters. The Bertz CT molecular complexity index is 608. The molecule has 2 saturated heterocycles. The molecule has 0 saturated carbocycles. The maximum atomic E-state index is 11.4.